The molecule has 0 radical (unpaired) electrons. The van der Waals surface area contributed by atoms with Crippen LogP contribution >= 0.6 is 0 Å². The molecule has 1 aliphatic heterocycles. The Hall–Kier alpha value is -2.54. The first-order valence-electron chi connectivity index (χ1n) is 7.04. The third kappa shape index (κ3) is 2.10. The summed E-state index contributed by atoms with van der Waals surface area (Å²) in [7, 11) is 0. The molecule has 7 nitrogen and oxygen atoms in total. The second kappa shape index (κ2) is 5.03. The first kappa shape index (κ1) is 14.4. The lowest BCUT2D eigenvalue weighted by atomic mass is 10.0. The Morgan fingerprint density at radius 1 is 1.41 bits per heavy atom. The van der Waals surface area contributed by atoms with Gasteiger partial charge in [0.2, 0.25) is 5.72 Å². The first-order valence-corrected chi connectivity index (χ1v) is 7.04. The zero-order valence-corrected chi connectivity index (χ0v) is 12.4. The zero-order chi connectivity index (χ0) is 15.9. The number of rotatable bonds is 3. The van der Waals surface area contributed by atoms with Gasteiger partial charge in [-0.3, -0.25) is 10.1 Å². The van der Waals surface area contributed by atoms with Crippen LogP contribution in [0.25, 0.3) is 0 Å². The number of anilines is 1. The molecule has 0 spiro atoms. The standard InChI is InChI=1S/C15H17N4O3/c1-11(2)18-14-16-8-3-9-17(14)10-15(18,20)12-4-6-13(7-5-12)19(21)22/h3-9,11,20H,10H2,1-2H3/q+1/t15-/m1/s1. The van der Waals surface area contributed by atoms with Gasteiger partial charge in [-0.15, -0.1) is 0 Å². The highest BCUT2D eigenvalue weighted by Gasteiger charge is 2.52. The van der Waals surface area contributed by atoms with Gasteiger partial charge in [0, 0.05) is 23.8 Å². The maximum atomic E-state index is 11.2. The number of non-ortho nitro benzene ring substituents is 1. The molecule has 1 aromatic carbocycles. The third-order valence-electron chi connectivity index (χ3n) is 3.86. The molecule has 1 aliphatic rings. The van der Waals surface area contributed by atoms with E-state index in [0.29, 0.717) is 18.1 Å². The van der Waals surface area contributed by atoms with Crippen molar-refractivity contribution in [3.05, 3.63) is 58.4 Å². The van der Waals surface area contributed by atoms with Crippen molar-refractivity contribution in [2.75, 3.05) is 4.90 Å². The van der Waals surface area contributed by atoms with Crippen molar-refractivity contribution in [1.29, 1.82) is 0 Å². The van der Waals surface area contributed by atoms with E-state index in [1.165, 1.54) is 12.1 Å². The van der Waals surface area contributed by atoms with E-state index in [1.807, 2.05) is 35.6 Å². The lowest BCUT2D eigenvalue weighted by Gasteiger charge is -2.31. The van der Waals surface area contributed by atoms with Gasteiger partial charge in [0.1, 0.15) is 12.7 Å². The van der Waals surface area contributed by atoms with Crippen LogP contribution in [0.2, 0.25) is 0 Å². The van der Waals surface area contributed by atoms with E-state index in [0.717, 1.165) is 0 Å². The van der Waals surface area contributed by atoms with Crippen LogP contribution in [0.15, 0.2) is 42.7 Å². The number of nitro groups is 1. The number of aromatic nitrogens is 2. The molecule has 1 atom stereocenters. The van der Waals surface area contributed by atoms with Gasteiger partial charge in [-0.25, -0.2) is 9.47 Å². The first-order chi connectivity index (χ1) is 10.4. The molecule has 2 heterocycles. The van der Waals surface area contributed by atoms with E-state index >= 15 is 0 Å². The highest BCUT2D eigenvalue weighted by Crippen LogP contribution is 2.35. The molecule has 1 aromatic heterocycles. The molecule has 3 rings (SSSR count). The molecule has 2 aromatic rings. The molecule has 0 bridgehead atoms. The number of hydrogen-bond donors (Lipinski definition) is 1. The summed E-state index contributed by atoms with van der Waals surface area (Å²) in [6.45, 7) is 4.27. The Morgan fingerprint density at radius 3 is 2.68 bits per heavy atom. The van der Waals surface area contributed by atoms with Gasteiger partial charge >= 0.3 is 5.95 Å². The van der Waals surface area contributed by atoms with Crippen LogP contribution in [-0.2, 0) is 12.3 Å². The predicted octanol–water partition coefficient (Wildman–Crippen LogP) is 1.35. The highest BCUT2D eigenvalue weighted by atomic mass is 16.6. The maximum absolute atomic E-state index is 11.2. The van der Waals surface area contributed by atoms with E-state index in [4.69, 9.17) is 0 Å². The van der Waals surface area contributed by atoms with Crippen molar-refractivity contribution in [1.82, 2.24) is 4.98 Å². The molecule has 0 fully saturated rings. The van der Waals surface area contributed by atoms with Gasteiger partial charge in [-0.1, -0.05) is 4.98 Å². The normalized spacial score (nSPS) is 20.3. The van der Waals surface area contributed by atoms with Gasteiger partial charge in [-0.2, -0.15) is 0 Å². The molecule has 0 aliphatic carbocycles. The summed E-state index contributed by atoms with van der Waals surface area (Å²) in [5.74, 6) is 0.679. The van der Waals surface area contributed by atoms with Gasteiger partial charge in [0.05, 0.1) is 17.2 Å². The quantitative estimate of drug-likeness (QED) is 0.525. The SMILES string of the molecule is CC(C)N1c2nccc[n+]2C[C@@]1(O)c1ccc([N+](=O)[O-])cc1. The second-order valence-corrected chi connectivity index (χ2v) is 5.63. The van der Waals surface area contributed by atoms with Crippen molar-refractivity contribution < 1.29 is 14.6 Å². The van der Waals surface area contributed by atoms with E-state index in [9.17, 15) is 15.2 Å². The van der Waals surface area contributed by atoms with Crippen molar-refractivity contribution >= 4 is 11.6 Å². The van der Waals surface area contributed by atoms with Crippen LogP contribution in [-0.4, -0.2) is 21.1 Å². The zero-order valence-electron chi connectivity index (χ0n) is 12.4. The Balaban J connectivity index is 2.07. The van der Waals surface area contributed by atoms with Crippen LogP contribution in [0.5, 0.6) is 0 Å². The van der Waals surface area contributed by atoms with Gasteiger partial charge < -0.3 is 5.11 Å². The minimum atomic E-state index is -1.27. The number of benzene rings is 1. The molecular formula is C15H17N4O3+. The summed E-state index contributed by atoms with van der Waals surface area (Å²) in [5, 5.41) is 22.0. The highest BCUT2D eigenvalue weighted by molar-refractivity contribution is 5.42. The van der Waals surface area contributed by atoms with Crippen molar-refractivity contribution in [2.45, 2.75) is 32.2 Å². The average Bonchev–Trinajstić information content (AvgIpc) is 2.80. The summed E-state index contributed by atoms with van der Waals surface area (Å²) in [6, 6.07) is 7.84. The van der Waals surface area contributed by atoms with Crippen LogP contribution in [0.4, 0.5) is 11.6 Å². The topological polar surface area (TPSA) is 83.4 Å². The van der Waals surface area contributed by atoms with E-state index < -0.39 is 10.6 Å². The molecule has 0 amide bonds. The van der Waals surface area contributed by atoms with Crippen LogP contribution < -0.4 is 9.47 Å². The largest absolute Gasteiger partial charge is 0.397 e. The lowest BCUT2D eigenvalue weighted by Crippen LogP contribution is -2.48. The van der Waals surface area contributed by atoms with Gasteiger partial charge in [-0.05, 0) is 26.0 Å². The molecule has 0 saturated carbocycles. The minimum absolute atomic E-state index is 0.00439. The molecule has 22 heavy (non-hydrogen) atoms. The fourth-order valence-corrected chi connectivity index (χ4v) is 2.93. The van der Waals surface area contributed by atoms with Crippen molar-refractivity contribution in [3.8, 4) is 0 Å². The minimum Gasteiger partial charge on any atom is -0.353 e. The predicted molar refractivity (Wildman–Crippen MR) is 79.0 cm³/mol. The Labute approximate surface area is 127 Å². The maximum Gasteiger partial charge on any atom is 0.397 e. The Kier molecular flexibility index (Phi) is 3.29. The molecule has 1 N–H and O–H groups in total. The van der Waals surface area contributed by atoms with Crippen molar-refractivity contribution in [2.24, 2.45) is 0 Å². The summed E-state index contributed by atoms with van der Waals surface area (Å²) < 4.78 is 1.88. The summed E-state index contributed by atoms with van der Waals surface area (Å²) in [4.78, 5) is 16.5. The molecule has 114 valence electrons. The van der Waals surface area contributed by atoms with E-state index in [1.54, 1.807) is 18.3 Å². The fraction of sp³-hybridized carbons (Fsp3) is 0.333. The Morgan fingerprint density at radius 2 is 2.09 bits per heavy atom. The molecule has 0 unspecified atom stereocenters. The monoisotopic (exact) mass is 301 g/mol. The second-order valence-electron chi connectivity index (χ2n) is 5.63. The third-order valence-corrected chi connectivity index (χ3v) is 3.86. The molecule has 7 heteroatoms. The number of fused-ring (bicyclic) bond motifs is 1. The van der Waals surface area contributed by atoms with Gasteiger partial charge in [0.15, 0.2) is 0 Å². The van der Waals surface area contributed by atoms with Gasteiger partial charge in [0.25, 0.3) is 5.69 Å². The van der Waals surface area contributed by atoms with E-state index in [2.05, 4.69) is 4.98 Å². The summed E-state index contributed by atoms with van der Waals surface area (Å²) >= 11 is 0. The molecule has 0 saturated heterocycles. The van der Waals surface area contributed by atoms with Crippen molar-refractivity contribution in [3.63, 3.8) is 0 Å². The molecular weight excluding hydrogens is 284 g/mol. The van der Waals surface area contributed by atoms with E-state index in [-0.39, 0.29) is 11.7 Å². The number of nitro benzene ring substituents is 1. The summed E-state index contributed by atoms with van der Waals surface area (Å²) in [5.41, 5.74) is -0.660. The van der Waals surface area contributed by atoms with Crippen LogP contribution in [0.1, 0.15) is 19.4 Å². The summed E-state index contributed by atoms with van der Waals surface area (Å²) in [6.07, 6.45) is 3.55. The Bertz CT molecular complexity index is 717. The van der Waals surface area contributed by atoms with Crippen LogP contribution in [0.3, 0.4) is 0 Å². The number of aliphatic hydroxyl groups is 1. The average molecular weight is 301 g/mol. The smallest absolute Gasteiger partial charge is 0.353 e. The number of hydrogen-bond acceptors (Lipinski definition) is 5. The number of nitrogens with zero attached hydrogens (tertiary/aromatic N) is 4. The van der Waals surface area contributed by atoms with Crippen LogP contribution in [0, 0.1) is 10.1 Å². The fourth-order valence-electron chi connectivity index (χ4n) is 2.93. The lowest BCUT2D eigenvalue weighted by molar-refractivity contribution is -0.685.